The molecule has 0 bridgehead atoms. The zero-order valence-electron chi connectivity index (χ0n) is 15.4. The van der Waals surface area contributed by atoms with Gasteiger partial charge < -0.3 is 15.1 Å². The Balaban J connectivity index is 1.53. The van der Waals surface area contributed by atoms with Crippen molar-refractivity contribution in [3.8, 4) is 0 Å². The van der Waals surface area contributed by atoms with Crippen LogP contribution in [0.2, 0.25) is 0 Å². The van der Waals surface area contributed by atoms with E-state index in [0.717, 1.165) is 43.6 Å². The second kappa shape index (κ2) is 8.62. The van der Waals surface area contributed by atoms with Crippen molar-refractivity contribution in [2.45, 2.75) is 25.7 Å². The lowest BCUT2D eigenvalue weighted by atomic mass is 9.96. The summed E-state index contributed by atoms with van der Waals surface area (Å²) in [5.74, 6) is 1.09. The van der Waals surface area contributed by atoms with Crippen LogP contribution in [0.1, 0.15) is 30.4 Å². The number of pyridine rings is 1. The number of anilines is 1. The molecule has 0 saturated carbocycles. The molecule has 0 aliphatic carbocycles. The molecule has 7 heteroatoms. The fourth-order valence-corrected chi connectivity index (χ4v) is 3.45. The van der Waals surface area contributed by atoms with E-state index in [9.17, 15) is 9.59 Å². The van der Waals surface area contributed by atoms with Gasteiger partial charge in [0, 0.05) is 38.3 Å². The Labute approximate surface area is 159 Å². The summed E-state index contributed by atoms with van der Waals surface area (Å²) in [5.41, 5.74) is 1.86. The molecule has 0 aromatic carbocycles. The molecule has 1 saturated heterocycles. The van der Waals surface area contributed by atoms with Crippen LogP contribution in [-0.4, -0.2) is 52.6 Å². The van der Waals surface area contributed by atoms with E-state index in [4.69, 9.17) is 5.41 Å². The molecule has 0 radical (unpaired) electrons. The molecule has 2 aliphatic heterocycles. The largest absolute Gasteiger partial charge is 0.340 e. The first-order chi connectivity index (χ1) is 13.1. The first-order valence-electron chi connectivity index (χ1n) is 9.23. The van der Waals surface area contributed by atoms with Crippen LogP contribution < -0.4 is 5.32 Å². The Morgan fingerprint density at radius 1 is 1.41 bits per heavy atom. The van der Waals surface area contributed by atoms with Gasteiger partial charge in [0.15, 0.2) is 0 Å². The summed E-state index contributed by atoms with van der Waals surface area (Å²) in [6.07, 6.45) is 11.0. The Bertz CT molecular complexity index is 758. The van der Waals surface area contributed by atoms with Gasteiger partial charge in [-0.3, -0.25) is 15.0 Å². The average Bonchev–Trinajstić information content (AvgIpc) is 2.70. The SMILES string of the molecule is C=CN(C=N)CC1CCN(C(=O)/C=C/c2cnc3c(c2)CCC(=O)N3)CC1. The Hall–Kier alpha value is -2.96. The van der Waals surface area contributed by atoms with Gasteiger partial charge in [0.1, 0.15) is 5.82 Å². The van der Waals surface area contributed by atoms with Crippen molar-refractivity contribution in [3.05, 3.63) is 42.2 Å². The maximum Gasteiger partial charge on any atom is 0.246 e. The van der Waals surface area contributed by atoms with Crippen molar-refractivity contribution >= 4 is 30.0 Å². The van der Waals surface area contributed by atoms with E-state index in [1.54, 1.807) is 29.4 Å². The molecule has 3 heterocycles. The van der Waals surface area contributed by atoms with Crippen molar-refractivity contribution in [2.75, 3.05) is 25.0 Å². The molecule has 1 aromatic heterocycles. The number of likely N-dealkylation sites (tertiary alicyclic amines) is 1. The molecular weight excluding hydrogens is 342 g/mol. The molecule has 3 rings (SSSR count). The van der Waals surface area contributed by atoms with Crippen LogP contribution in [0.3, 0.4) is 0 Å². The number of amides is 2. The number of nitrogens with one attached hydrogen (secondary N) is 2. The maximum atomic E-state index is 12.4. The number of fused-ring (bicyclic) bond motifs is 1. The van der Waals surface area contributed by atoms with Crippen molar-refractivity contribution < 1.29 is 9.59 Å². The predicted octanol–water partition coefficient (Wildman–Crippen LogP) is 2.27. The summed E-state index contributed by atoms with van der Waals surface area (Å²) in [6, 6.07) is 1.97. The van der Waals surface area contributed by atoms with E-state index in [-0.39, 0.29) is 11.8 Å². The van der Waals surface area contributed by atoms with E-state index in [1.807, 2.05) is 11.0 Å². The molecule has 2 amide bonds. The molecule has 27 heavy (non-hydrogen) atoms. The molecule has 2 N–H and O–H groups in total. The van der Waals surface area contributed by atoms with E-state index in [2.05, 4.69) is 16.9 Å². The smallest absolute Gasteiger partial charge is 0.246 e. The molecule has 7 nitrogen and oxygen atoms in total. The predicted molar refractivity (Wildman–Crippen MR) is 105 cm³/mol. The van der Waals surface area contributed by atoms with Gasteiger partial charge in [0.25, 0.3) is 0 Å². The van der Waals surface area contributed by atoms with Crippen LogP contribution in [0.4, 0.5) is 5.82 Å². The minimum atomic E-state index is -0.00583. The third-order valence-corrected chi connectivity index (χ3v) is 5.08. The number of rotatable bonds is 6. The molecule has 1 aromatic rings. The Kier molecular flexibility index (Phi) is 6.01. The Morgan fingerprint density at radius 2 is 2.19 bits per heavy atom. The second-order valence-electron chi connectivity index (χ2n) is 6.94. The monoisotopic (exact) mass is 367 g/mol. The van der Waals surface area contributed by atoms with Gasteiger partial charge >= 0.3 is 0 Å². The quantitative estimate of drug-likeness (QED) is 0.459. The van der Waals surface area contributed by atoms with Crippen LogP contribution in [0.5, 0.6) is 0 Å². The first kappa shape index (κ1) is 18.8. The van der Waals surface area contributed by atoms with Crippen molar-refractivity contribution in [1.29, 1.82) is 5.41 Å². The normalized spacial score (nSPS) is 17.3. The molecular formula is C20H25N5O2. The zero-order chi connectivity index (χ0) is 19.2. The number of piperidine rings is 1. The molecule has 142 valence electrons. The van der Waals surface area contributed by atoms with E-state index >= 15 is 0 Å². The molecule has 0 unspecified atom stereocenters. The molecule has 0 atom stereocenters. The number of carbonyl (C=O) groups excluding carboxylic acids is 2. The number of aromatic nitrogens is 1. The molecule has 2 aliphatic rings. The number of nitrogens with zero attached hydrogens (tertiary/aromatic N) is 3. The number of hydrogen-bond acceptors (Lipinski definition) is 4. The van der Waals surface area contributed by atoms with Crippen LogP contribution >= 0.6 is 0 Å². The summed E-state index contributed by atoms with van der Waals surface area (Å²) in [5, 5.41) is 10.1. The highest BCUT2D eigenvalue weighted by Crippen LogP contribution is 2.22. The van der Waals surface area contributed by atoms with Crippen molar-refractivity contribution in [1.82, 2.24) is 14.8 Å². The number of carbonyl (C=O) groups is 2. The summed E-state index contributed by atoms with van der Waals surface area (Å²) in [4.78, 5) is 31.7. The van der Waals surface area contributed by atoms with E-state index in [1.165, 1.54) is 6.34 Å². The molecule has 1 fully saturated rings. The van der Waals surface area contributed by atoms with Gasteiger partial charge in [-0.2, -0.15) is 0 Å². The third kappa shape index (κ3) is 4.81. The first-order valence-corrected chi connectivity index (χ1v) is 9.23. The maximum absolute atomic E-state index is 12.4. The van der Waals surface area contributed by atoms with Crippen LogP contribution in [0, 0.1) is 11.3 Å². The van der Waals surface area contributed by atoms with Gasteiger partial charge in [-0.15, -0.1) is 0 Å². The van der Waals surface area contributed by atoms with E-state index in [0.29, 0.717) is 24.6 Å². The topological polar surface area (TPSA) is 89.4 Å². The highest BCUT2D eigenvalue weighted by Gasteiger charge is 2.22. The lowest BCUT2D eigenvalue weighted by Crippen LogP contribution is -2.40. The third-order valence-electron chi connectivity index (χ3n) is 5.08. The van der Waals surface area contributed by atoms with Crippen LogP contribution in [0.25, 0.3) is 6.08 Å². The Morgan fingerprint density at radius 3 is 2.89 bits per heavy atom. The summed E-state index contributed by atoms with van der Waals surface area (Å²) in [7, 11) is 0. The second-order valence-corrected chi connectivity index (χ2v) is 6.94. The van der Waals surface area contributed by atoms with Crippen molar-refractivity contribution in [2.24, 2.45) is 5.92 Å². The highest BCUT2D eigenvalue weighted by molar-refractivity contribution is 5.93. The van der Waals surface area contributed by atoms with Crippen molar-refractivity contribution in [3.63, 3.8) is 0 Å². The summed E-state index contributed by atoms with van der Waals surface area (Å²) in [6.45, 7) is 5.93. The standard InChI is InChI=1S/C20H25N5O2/c1-2-24(14-21)13-15-7-9-25(10-8-15)19(27)6-3-16-11-17-4-5-18(26)23-20(17)22-12-16/h2-3,6,11-12,14-15,21H,1,4-5,7-10,13H2,(H,22,23,26)/b6-3+,21-14?. The minimum Gasteiger partial charge on any atom is -0.340 e. The number of hydrogen-bond donors (Lipinski definition) is 2. The lowest BCUT2D eigenvalue weighted by molar-refractivity contribution is -0.127. The zero-order valence-corrected chi connectivity index (χ0v) is 15.4. The fourth-order valence-electron chi connectivity index (χ4n) is 3.45. The molecule has 0 spiro atoms. The van der Waals surface area contributed by atoms with Gasteiger partial charge in [-0.05, 0) is 54.6 Å². The lowest BCUT2D eigenvalue weighted by Gasteiger charge is -2.33. The summed E-state index contributed by atoms with van der Waals surface area (Å²) >= 11 is 0. The summed E-state index contributed by atoms with van der Waals surface area (Å²) < 4.78 is 0. The highest BCUT2D eigenvalue weighted by atomic mass is 16.2. The van der Waals surface area contributed by atoms with Gasteiger partial charge in [0.05, 0.1) is 6.34 Å². The van der Waals surface area contributed by atoms with E-state index < -0.39 is 0 Å². The minimum absolute atomic E-state index is 0.00583. The van der Waals surface area contributed by atoms with Gasteiger partial charge in [0.2, 0.25) is 11.8 Å². The van der Waals surface area contributed by atoms with Crippen LogP contribution in [-0.2, 0) is 16.0 Å². The average molecular weight is 367 g/mol. The van der Waals surface area contributed by atoms with Gasteiger partial charge in [-0.25, -0.2) is 4.98 Å². The van der Waals surface area contributed by atoms with Crippen LogP contribution in [0.15, 0.2) is 31.1 Å². The number of aryl methyl sites for hydroxylation is 1. The van der Waals surface area contributed by atoms with Gasteiger partial charge in [-0.1, -0.05) is 6.58 Å². The fraction of sp³-hybridized carbons (Fsp3) is 0.400.